The number of Topliss-reactive ketones (excluding diaryl/α,β-unsaturated/α-hetero) is 1. The van der Waals surface area contributed by atoms with Gasteiger partial charge in [-0.15, -0.1) is 0 Å². The van der Waals surface area contributed by atoms with Crippen LogP contribution in [0.4, 0.5) is 0 Å². The van der Waals surface area contributed by atoms with Gasteiger partial charge in [0.05, 0.1) is 6.61 Å². The Labute approximate surface area is 127 Å². The molecule has 0 atom stereocenters. The summed E-state index contributed by atoms with van der Waals surface area (Å²) >= 11 is 0. The maximum Gasteiger partial charge on any atom is 0.164 e. The molecule has 1 aliphatic heterocycles. The second kappa shape index (κ2) is 8.27. The summed E-state index contributed by atoms with van der Waals surface area (Å²) < 4.78 is 0. The lowest BCUT2D eigenvalue weighted by Gasteiger charge is -2.21. The van der Waals surface area contributed by atoms with Crippen molar-refractivity contribution in [1.82, 2.24) is 9.80 Å². The van der Waals surface area contributed by atoms with Crippen molar-refractivity contribution < 1.29 is 9.90 Å². The topological polar surface area (TPSA) is 43.8 Å². The van der Waals surface area contributed by atoms with Crippen molar-refractivity contribution >= 4 is 5.78 Å². The van der Waals surface area contributed by atoms with Crippen LogP contribution in [0.3, 0.4) is 0 Å². The number of aryl methyl sites for hydroxylation is 1. The molecule has 2 rings (SSSR count). The van der Waals surface area contributed by atoms with Crippen LogP contribution in [0.2, 0.25) is 0 Å². The van der Waals surface area contributed by atoms with Crippen molar-refractivity contribution in [3.8, 4) is 0 Å². The minimum atomic E-state index is 0.228. The number of nitrogens with zero attached hydrogens (tertiary/aromatic N) is 2. The van der Waals surface area contributed by atoms with Gasteiger partial charge < -0.3 is 10.0 Å². The van der Waals surface area contributed by atoms with Gasteiger partial charge >= 0.3 is 0 Å². The Bertz CT molecular complexity index is 462. The number of benzene rings is 1. The van der Waals surface area contributed by atoms with Gasteiger partial charge in [0.1, 0.15) is 0 Å². The van der Waals surface area contributed by atoms with Crippen LogP contribution in [0.15, 0.2) is 24.3 Å². The number of carbonyl (C=O) groups excluding carboxylic acids is 1. The molecule has 4 heteroatoms. The highest BCUT2D eigenvalue weighted by Gasteiger charge is 2.16. The van der Waals surface area contributed by atoms with Crippen molar-refractivity contribution in [3.05, 3.63) is 35.4 Å². The number of aliphatic hydroxyl groups is 1. The molecule has 1 fully saturated rings. The third-order valence-corrected chi connectivity index (χ3v) is 4.20. The van der Waals surface area contributed by atoms with Crippen LogP contribution >= 0.6 is 0 Å². The average Bonchev–Trinajstić information content (AvgIpc) is 2.71. The summed E-state index contributed by atoms with van der Waals surface area (Å²) in [5.41, 5.74) is 1.92. The molecule has 0 aromatic heterocycles. The van der Waals surface area contributed by atoms with E-state index in [0.717, 1.165) is 56.8 Å². The lowest BCUT2D eigenvalue weighted by atomic mass is 10.0. The van der Waals surface area contributed by atoms with Gasteiger partial charge in [-0.1, -0.05) is 24.3 Å². The molecule has 21 heavy (non-hydrogen) atoms. The molecule has 0 bridgehead atoms. The molecule has 1 saturated heterocycles. The van der Waals surface area contributed by atoms with E-state index in [-0.39, 0.29) is 12.4 Å². The van der Waals surface area contributed by atoms with Crippen molar-refractivity contribution in [1.29, 1.82) is 0 Å². The van der Waals surface area contributed by atoms with Crippen LogP contribution < -0.4 is 0 Å². The molecule has 0 amide bonds. The fraction of sp³-hybridized carbons (Fsp3) is 0.588. The highest BCUT2D eigenvalue weighted by Crippen LogP contribution is 2.11. The van der Waals surface area contributed by atoms with Gasteiger partial charge in [-0.25, -0.2) is 0 Å². The Morgan fingerprint density at radius 3 is 2.43 bits per heavy atom. The van der Waals surface area contributed by atoms with Crippen molar-refractivity contribution in [2.75, 3.05) is 45.9 Å². The molecular weight excluding hydrogens is 264 g/mol. The van der Waals surface area contributed by atoms with Crippen LogP contribution in [0.1, 0.15) is 28.8 Å². The first kappa shape index (κ1) is 16.1. The molecule has 116 valence electrons. The molecule has 4 nitrogen and oxygen atoms in total. The van der Waals surface area contributed by atoms with Gasteiger partial charge in [0, 0.05) is 38.2 Å². The normalized spacial score (nSPS) is 17.6. The zero-order valence-corrected chi connectivity index (χ0v) is 12.9. The van der Waals surface area contributed by atoms with Crippen LogP contribution in [0.25, 0.3) is 0 Å². The van der Waals surface area contributed by atoms with Gasteiger partial charge in [0.25, 0.3) is 0 Å². The van der Waals surface area contributed by atoms with Gasteiger partial charge in [0.2, 0.25) is 0 Å². The Kier molecular flexibility index (Phi) is 6.36. The number of carbonyl (C=O) groups is 1. The molecule has 1 heterocycles. The molecule has 0 unspecified atom stereocenters. The van der Waals surface area contributed by atoms with E-state index in [0.29, 0.717) is 6.42 Å². The third-order valence-electron chi connectivity index (χ3n) is 4.20. The smallest absolute Gasteiger partial charge is 0.164 e. The fourth-order valence-electron chi connectivity index (χ4n) is 2.89. The van der Waals surface area contributed by atoms with Crippen LogP contribution in [0, 0.1) is 6.92 Å². The summed E-state index contributed by atoms with van der Waals surface area (Å²) in [4.78, 5) is 17.0. The SMILES string of the molecule is Cc1ccccc1C(=O)CCN1CCCN(CCO)CC1. The van der Waals surface area contributed by atoms with Crippen LogP contribution in [-0.2, 0) is 0 Å². The summed E-state index contributed by atoms with van der Waals surface area (Å²) in [7, 11) is 0. The summed E-state index contributed by atoms with van der Waals surface area (Å²) in [6.07, 6.45) is 1.70. The second-order valence-electron chi connectivity index (χ2n) is 5.75. The minimum Gasteiger partial charge on any atom is -0.395 e. The van der Waals surface area contributed by atoms with E-state index in [9.17, 15) is 4.79 Å². The van der Waals surface area contributed by atoms with Gasteiger partial charge in [-0.05, 0) is 32.0 Å². The third kappa shape index (κ3) is 4.92. The van der Waals surface area contributed by atoms with Crippen molar-refractivity contribution in [2.45, 2.75) is 19.8 Å². The Hall–Kier alpha value is -1.23. The number of rotatable bonds is 6. The van der Waals surface area contributed by atoms with Crippen molar-refractivity contribution in [2.24, 2.45) is 0 Å². The van der Waals surface area contributed by atoms with Crippen molar-refractivity contribution in [3.63, 3.8) is 0 Å². The lowest BCUT2D eigenvalue weighted by molar-refractivity contribution is 0.0964. The number of hydrogen-bond acceptors (Lipinski definition) is 4. The minimum absolute atomic E-state index is 0.228. The standard InChI is InChI=1S/C17H26N2O2/c1-15-5-2-3-6-16(15)17(21)7-10-18-8-4-9-19(12-11-18)13-14-20/h2-3,5-6,20H,4,7-14H2,1H3. The largest absolute Gasteiger partial charge is 0.395 e. The molecule has 1 N–H and O–H groups in total. The summed E-state index contributed by atoms with van der Waals surface area (Å²) in [5.74, 6) is 0.240. The van der Waals surface area contributed by atoms with E-state index >= 15 is 0 Å². The highest BCUT2D eigenvalue weighted by atomic mass is 16.3. The summed E-state index contributed by atoms with van der Waals surface area (Å²) in [6.45, 7) is 7.87. The number of β-amino-alcohol motifs (C(OH)–C–C–N with tert-alkyl or cyclic N) is 1. The second-order valence-corrected chi connectivity index (χ2v) is 5.75. The quantitative estimate of drug-likeness (QED) is 0.808. The Morgan fingerprint density at radius 1 is 1.10 bits per heavy atom. The highest BCUT2D eigenvalue weighted by molar-refractivity contribution is 5.97. The molecule has 0 spiro atoms. The molecule has 0 radical (unpaired) electrons. The predicted octanol–water partition coefficient (Wildman–Crippen LogP) is 1.57. The Morgan fingerprint density at radius 2 is 1.76 bits per heavy atom. The van der Waals surface area contributed by atoms with Crippen LogP contribution in [0.5, 0.6) is 0 Å². The first-order valence-corrected chi connectivity index (χ1v) is 7.85. The zero-order chi connectivity index (χ0) is 15.1. The maximum atomic E-state index is 12.3. The molecule has 1 aromatic rings. The van der Waals surface area contributed by atoms with Crippen LogP contribution in [-0.4, -0.2) is 66.6 Å². The zero-order valence-electron chi connectivity index (χ0n) is 12.9. The lowest BCUT2D eigenvalue weighted by Crippen LogP contribution is -2.33. The van der Waals surface area contributed by atoms with E-state index in [1.54, 1.807) is 0 Å². The van der Waals surface area contributed by atoms with Gasteiger partial charge in [0.15, 0.2) is 5.78 Å². The molecule has 1 aliphatic rings. The predicted molar refractivity (Wildman–Crippen MR) is 84.7 cm³/mol. The Balaban J connectivity index is 1.80. The fourth-order valence-corrected chi connectivity index (χ4v) is 2.89. The summed E-state index contributed by atoms with van der Waals surface area (Å²) in [6, 6.07) is 7.81. The average molecular weight is 290 g/mol. The van der Waals surface area contributed by atoms with E-state index in [4.69, 9.17) is 5.11 Å². The molecule has 0 aliphatic carbocycles. The first-order valence-electron chi connectivity index (χ1n) is 7.85. The number of ketones is 1. The number of hydrogen-bond donors (Lipinski definition) is 1. The molecular formula is C17H26N2O2. The van der Waals surface area contributed by atoms with Gasteiger partial charge in [-0.2, -0.15) is 0 Å². The molecule has 0 saturated carbocycles. The van der Waals surface area contributed by atoms with E-state index in [1.165, 1.54) is 0 Å². The maximum absolute atomic E-state index is 12.3. The van der Waals surface area contributed by atoms with E-state index < -0.39 is 0 Å². The van der Waals surface area contributed by atoms with Gasteiger partial charge in [-0.3, -0.25) is 9.69 Å². The molecule has 1 aromatic carbocycles. The summed E-state index contributed by atoms with van der Waals surface area (Å²) in [5, 5.41) is 9.00. The van der Waals surface area contributed by atoms with E-state index in [1.807, 2.05) is 31.2 Å². The monoisotopic (exact) mass is 290 g/mol. The number of aliphatic hydroxyl groups excluding tert-OH is 1. The first-order chi connectivity index (χ1) is 10.2. The van der Waals surface area contributed by atoms with E-state index in [2.05, 4.69) is 9.80 Å².